The zero-order chi connectivity index (χ0) is 18.9. The number of aliphatic carboxylic acids is 1. The number of carboxylic acid groups (broad SMARTS) is 1. The first-order valence-corrected chi connectivity index (χ1v) is 10.7. The van der Waals surface area contributed by atoms with Crippen LogP contribution in [0.5, 0.6) is 0 Å². The van der Waals surface area contributed by atoms with Crippen molar-refractivity contribution >= 4 is 11.9 Å². The molecule has 1 aromatic rings. The van der Waals surface area contributed by atoms with E-state index in [1.165, 1.54) is 32.1 Å². The summed E-state index contributed by atoms with van der Waals surface area (Å²) in [7, 11) is 0. The molecule has 1 heterocycles. The van der Waals surface area contributed by atoms with E-state index in [4.69, 9.17) is 0 Å². The lowest BCUT2D eigenvalue weighted by atomic mass is 9.67. The zero-order valence-electron chi connectivity index (χ0n) is 16.1. The Labute approximate surface area is 161 Å². The molecule has 3 aliphatic rings. The maximum Gasteiger partial charge on any atom is 0.314 e. The number of rotatable bonds is 3. The van der Waals surface area contributed by atoms with Crippen molar-refractivity contribution in [1.29, 1.82) is 0 Å². The van der Waals surface area contributed by atoms with Gasteiger partial charge in [-0.05, 0) is 49.5 Å². The van der Waals surface area contributed by atoms with Gasteiger partial charge in [-0.3, -0.25) is 9.59 Å². The number of nitrogens with zero attached hydrogens (tertiary/aromatic N) is 1. The summed E-state index contributed by atoms with van der Waals surface area (Å²) in [6, 6.07) is 9.55. The molecule has 0 spiro atoms. The predicted octanol–water partition coefficient (Wildman–Crippen LogP) is 4.24. The van der Waals surface area contributed by atoms with Gasteiger partial charge in [0.1, 0.15) is 0 Å². The molecule has 3 fully saturated rings. The van der Waals surface area contributed by atoms with Gasteiger partial charge in [-0.2, -0.15) is 0 Å². The van der Waals surface area contributed by atoms with Crippen LogP contribution in [-0.2, 0) is 15.0 Å². The summed E-state index contributed by atoms with van der Waals surface area (Å²) in [5, 5.41) is 9.94. The average molecular weight is 370 g/mol. The van der Waals surface area contributed by atoms with Crippen LogP contribution in [0.1, 0.15) is 63.4 Å². The first kappa shape index (κ1) is 18.5. The Morgan fingerprint density at radius 2 is 1.59 bits per heavy atom. The van der Waals surface area contributed by atoms with Gasteiger partial charge in [-0.15, -0.1) is 0 Å². The van der Waals surface area contributed by atoms with E-state index in [0.29, 0.717) is 25.9 Å². The Bertz CT molecular complexity index is 678. The predicted molar refractivity (Wildman–Crippen MR) is 104 cm³/mol. The van der Waals surface area contributed by atoms with E-state index in [1.807, 2.05) is 35.2 Å². The van der Waals surface area contributed by atoms with Crippen LogP contribution in [0.2, 0.25) is 0 Å². The van der Waals surface area contributed by atoms with Gasteiger partial charge in [0, 0.05) is 19.0 Å². The monoisotopic (exact) mass is 369 g/mol. The van der Waals surface area contributed by atoms with Gasteiger partial charge < -0.3 is 10.0 Å². The van der Waals surface area contributed by atoms with Gasteiger partial charge in [-0.1, -0.05) is 56.0 Å². The minimum Gasteiger partial charge on any atom is -0.481 e. The Morgan fingerprint density at radius 1 is 0.926 bits per heavy atom. The SMILES string of the molecule is O=C(C1CCC2CCCCC2C1)N1CCC(C(=O)O)(c2ccccc2)CC1. The molecule has 4 heteroatoms. The quantitative estimate of drug-likeness (QED) is 0.867. The lowest BCUT2D eigenvalue weighted by molar-refractivity contribution is -0.150. The zero-order valence-corrected chi connectivity index (χ0v) is 16.1. The van der Waals surface area contributed by atoms with E-state index in [2.05, 4.69) is 0 Å². The number of benzene rings is 1. The number of likely N-dealkylation sites (tertiary alicyclic amines) is 1. The van der Waals surface area contributed by atoms with Crippen molar-refractivity contribution < 1.29 is 14.7 Å². The molecule has 0 radical (unpaired) electrons. The minimum atomic E-state index is -0.848. The van der Waals surface area contributed by atoms with Gasteiger partial charge in [0.15, 0.2) is 0 Å². The molecule has 0 aromatic heterocycles. The van der Waals surface area contributed by atoms with E-state index in [-0.39, 0.29) is 11.8 Å². The van der Waals surface area contributed by atoms with Crippen LogP contribution in [0, 0.1) is 17.8 Å². The first-order valence-electron chi connectivity index (χ1n) is 10.7. The summed E-state index contributed by atoms with van der Waals surface area (Å²) < 4.78 is 0. The maximum absolute atomic E-state index is 13.1. The van der Waals surface area contributed by atoms with E-state index in [0.717, 1.165) is 30.2 Å². The van der Waals surface area contributed by atoms with Crippen LogP contribution in [0.4, 0.5) is 0 Å². The molecule has 2 saturated carbocycles. The molecule has 1 N–H and O–H groups in total. The summed E-state index contributed by atoms with van der Waals surface area (Å²) in [6.07, 6.45) is 9.65. The van der Waals surface area contributed by atoms with E-state index < -0.39 is 11.4 Å². The van der Waals surface area contributed by atoms with E-state index in [1.54, 1.807) is 0 Å². The fourth-order valence-electron chi connectivity index (χ4n) is 5.85. The van der Waals surface area contributed by atoms with Crippen LogP contribution in [0.3, 0.4) is 0 Å². The highest BCUT2D eigenvalue weighted by Gasteiger charge is 2.45. The molecule has 4 rings (SSSR count). The van der Waals surface area contributed by atoms with Gasteiger partial charge >= 0.3 is 5.97 Å². The van der Waals surface area contributed by atoms with E-state index in [9.17, 15) is 14.7 Å². The normalized spacial score (nSPS) is 30.4. The van der Waals surface area contributed by atoms with Gasteiger partial charge in [-0.25, -0.2) is 0 Å². The second-order valence-corrected chi connectivity index (χ2v) is 8.89. The minimum absolute atomic E-state index is 0.165. The number of fused-ring (bicyclic) bond motifs is 1. The lowest BCUT2D eigenvalue weighted by Gasteiger charge is -2.43. The first-order chi connectivity index (χ1) is 13.1. The Kier molecular flexibility index (Phi) is 5.25. The average Bonchev–Trinajstić information content (AvgIpc) is 2.73. The third-order valence-electron chi connectivity index (χ3n) is 7.55. The number of carbonyl (C=O) groups is 2. The Balaban J connectivity index is 1.41. The summed E-state index contributed by atoms with van der Waals surface area (Å²) >= 11 is 0. The van der Waals surface area contributed by atoms with Crippen molar-refractivity contribution in [2.45, 2.75) is 63.2 Å². The van der Waals surface area contributed by atoms with Crippen LogP contribution in [0.15, 0.2) is 30.3 Å². The number of piperidine rings is 1. The standard InChI is InChI=1S/C23H31NO3/c25-21(19-11-10-17-6-4-5-7-18(17)16-19)24-14-12-23(13-15-24,22(26)27)20-8-2-1-3-9-20/h1-3,8-9,17-19H,4-7,10-16H2,(H,26,27). The fraction of sp³-hybridized carbons (Fsp3) is 0.652. The van der Waals surface area contributed by atoms with Crippen molar-refractivity contribution in [2.75, 3.05) is 13.1 Å². The molecule has 4 nitrogen and oxygen atoms in total. The second kappa shape index (κ2) is 7.65. The van der Waals surface area contributed by atoms with Crippen molar-refractivity contribution in [3.8, 4) is 0 Å². The smallest absolute Gasteiger partial charge is 0.314 e. The van der Waals surface area contributed by atoms with Crippen molar-refractivity contribution in [3.05, 3.63) is 35.9 Å². The van der Waals surface area contributed by atoms with Crippen LogP contribution in [0.25, 0.3) is 0 Å². The number of amides is 1. The third kappa shape index (κ3) is 3.51. The largest absolute Gasteiger partial charge is 0.481 e. The van der Waals surface area contributed by atoms with Crippen LogP contribution >= 0.6 is 0 Å². The number of hydrogen-bond donors (Lipinski definition) is 1. The summed E-state index contributed by atoms with van der Waals surface area (Å²) in [5.41, 5.74) is 0.0197. The lowest BCUT2D eigenvalue weighted by Crippen LogP contribution is -2.51. The van der Waals surface area contributed by atoms with Crippen LogP contribution in [-0.4, -0.2) is 35.0 Å². The molecule has 27 heavy (non-hydrogen) atoms. The van der Waals surface area contributed by atoms with Crippen molar-refractivity contribution in [3.63, 3.8) is 0 Å². The molecule has 1 amide bonds. The topological polar surface area (TPSA) is 57.6 Å². The number of carboxylic acids is 1. The third-order valence-corrected chi connectivity index (χ3v) is 7.55. The molecule has 1 aromatic carbocycles. The van der Waals surface area contributed by atoms with Gasteiger partial charge in [0.05, 0.1) is 5.41 Å². The van der Waals surface area contributed by atoms with Gasteiger partial charge in [0.25, 0.3) is 0 Å². The maximum atomic E-state index is 13.1. The highest BCUT2D eigenvalue weighted by atomic mass is 16.4. The molecule has 3 atom stereocenters. The second-order valence-electron chi connectivity index (χ2n) is 8.89. The molecule has 1 aliphatic heterocycles. The van der Waals surface area contributed by atoms with Crippen LogP contribution < -0.4 is 0 Å². The Morgan fingerprint density at radius 3 is 2.26 bits per heavy atom. The highest BCUT2D eigenvalue weighted by molar-refractivity contribution is 5.83. The summed E-state index contributed by atoms with van der Waals surface area (Å²) in [6.45, 7) is 1.12. The molecule has 0 bridgehead atoms. The summed E-state index contributed by atoms with van der Waals surface area (Å²) in [4.78, 5) is 27.2. The number of hydrogen-bond acceptors (Lipinski definition) is 2. The molecule has 146 valence electrons. The van der Waals surface area contributed by atoms with Crippen molar-refractivity contribution in [1.82, 2.24) is 4.90 Å². The molecular formula is C23H31NO3. The molecule has 3 unspecified atom stereocenters. The molecular weight excluding hydrogens is 338 g/mol. The summed E-state index contributed by atoms with van der Waals surface area (Å²) in [5.74, 6) is 1.28. The highest BCUT2D eigenvalue weighted by Crippen LogP contribution is 2.44. The van der Waals surface area contributed by atoms with Crippen molar-refractivity contribution in [2.24, 2.45) is 17.8 Å². The van der Waals surface area contributed by atoms with Gasteiger partial charge in [0.2, 0.25) is 5.91 Å². The van der Waals surface area contributed by atoms with E-state index >= 15 is 0 Å². The molecule has 2 aliphatic carbocycles. The Hall–Kier alpha value is -1.84. The fourth-order valence-corrected chi connectivity index (χ4v) is 5.85. The number of carbonyl (C=O) groups excluding carboxylic acids is 1. The molecule has 1 saturated heterocycles.